The van der Waals surface area contributed by atoms with Crippen molar-refractivity contribution in [2.75, 3.05) is 23.3 Å². The third-order valence-electron chi connectivity index (χ3n) is 4.50. The van der Waals surface area contributed by atoms with Crippen molar-refractivity contribution in [1.29, 1.82) is 0 Å². The molecular formula is C19H26Cl2N4O. The van der Waals surface area contributed by atoms with E-state index >= 15 is 0 Å². The lowest BCUT2D eigenvalue weighted by Gasteiger charge is -2.25. The van der Waals surface area contributed by atoms with E-state index in [2.05, 4.69) is 46.5 Å². The van der Waals surface area contributed by atoms with Crippen molar-refractivity contribution in [2.45, 2.75) is 32.9 Å². The molecule has 1 aliphatic heterocycles. The van der Waals surface area contributed by atoms with Crippen LogP contribution in [0.15, 0.2) is 42.6 Å². The van der Waals surface area contributed by atoms with Crippen molar-refractivity contribution < 1.29 is 4.79 Å². The van der Waals surface area contributed by atoms with Crippen LogP contribution in [-0.2, 0) is 17.8 Å². The van der Waals surface area contributed by atoms with Crippen LogP contribution in [0.4, 0.5) is 11.5 Å². The Balaban J connectivity index is 0.00000169. The van der Waals surface area contributed by atoms with Crippen molar-refractivity contribution in [2.24, 2.45) is 0 Å². The van der Waals surface area contributed by atoms with Crippen molar-refractivity contribution in [3.8, 4) is 0 Å². The number of anilines is 2. The highest BCUT2D eigenvalue weighted by Crippen LogP contribution is 2.18. The topological polar surface area (TPSA) is 57.3 Å². The van der Waals surface area contributed by atoms with Gasteiger partial charge in [-0.25, -0.2) is 4.98 Å². The van der Waals surface area contributed by atoms with E-state index in [9.17, 15) is 4.79 Å². The molecule has 1 aromatic heterocycles. The van der Waals surface area contributed by atoms with E-state index in [1.807, 2.05) is 24.3 Å². The number of amides is 1. The van der Waals surface area contributed by atoms with Gasteiger partial charge in [0.15, 0.2) is 0 Å². The second kappa shape index (κ2) is 10.4. The maximum atomic E-state index is 12.5. The van der Waals surface area contributed by atoms with E-state index < -0.39 is 0 Å². The summed E-state index contributed by atoms with van der Waals surface area (Å²) in [4.78, 5) is 19.1. The van der Waals surface area contributed by atoms with Crippen LogP contribution in [0.25, 0.3) is 0 Å². The minimum atomic E-state index is -0.206. The average Bonchev–Trinajstić information content (AvgIpc) is 2.63. The summed E-state index contributed by atoms with van der Waals surface area (Å²) in [6.07, 6.45) is 2.44. The second-order valence-corrected chi connectivity index (χ2v) is 5.97. The van der Waals surface area contributed by atoms with Crippen molar-refractivity contribution >= 4 is 42.2 Å². The van der Waals surface area contributed by atoms with Crippen LogP contribution in [0, 0.1) is 0 Å². The zero-order valence-corrected chi connectivity index (χ0v) is 16.7. The highest BCUT2D eigenvalue weighted by Gasteiger charge is 2.23. The molecule has 0 saturated carbocycles. The quantitative estimate of drug-likeness (QED) is 0.812. The van der Waals surface area contributed by atoms with Crippen molar-refractivity contribution in [1.82, 2.24) is 10.3 Å². The number of hydrogen-bond donors (Lipinski definition) is 2. The minimum absolute atomic E-state index is 0. The van der Waals surface area contributed by atoms with E-state index in [4.69, 9.17) is 0 Å². The summed E-state index contributed by atoms with van der Waals surface area (Å²) in [5.41, 5.74) is 3.25. The van der Waals surface area contributed by atoms with E-state index in [-0.39, 0.29) is 36.8 Å². The molecule has 2 heterocycles. The number of rotatable bonds is 5. The highest BCUT2D eigenvalue weighted by molar-refractivity contribution is 5.95. The third-order valence-corrected chi connectivity index (χ3v) is 4.50. The molecule has 0 radical (unpaired) electrons. The summed E-state index contributed by atoms with van der Waals surface area (Å²) >= 11 is 0. The Morgan fingerprint density at radius 2 is 1.85 bits per heavy atom. The Hall–Kier alpha value is -1.82. The maximum Gasteiger partial charge on any atom is 0.241 e. The Morgan fingerprint density at radius 1 is 1.15 bits per heavy atom. The molecule has 2 N–H and O–H groups in total. The van der Waals surface area contributed by atoms with Crippen LogP contribution in [0.1, 0.15) is 25.0 Å². The number of carbonyl (C=O) groups excluding carboxylic acids is 1. The maximum absolute atomic E-state index is 12.5. The van der Waals surface area contributed by atoms with Gasteiger partial charge in [-0.2, -0.15) is 0 Å². The molecular weight excluding hydrogens is 371 g/mol. The predicted octanol–water partition coefficient (Wildman–Crippen LogP) is 3.42. The average molecular weight is 397 g/mol. The fourth-order valence-electron chi connectivity index (χ4n) is 3.06. The lowest BCUT2D eigenvalue weighted by Crippen LogP contribution is -2.44. The summed E-state index contributed by atoms with van der Waals surface area (Å²) in [5, 5.41) is 6.26. The molecule has 0 saturated heterocycles. The molecule has 0 spiro atoms. The number of carbonyl (C=O) groups is 1. The first-order valence-electron chi connectivity index (χ1n) is 8.53. The Morgan fingerprint density at radius 3 is 2.46 bits per heavy atom. The lowest BCUT2D eigenvalue weighted by atomic mass is 9.95. The molecule has 1 amide bonds. The molecule has 26 heavy (non-hydrogen) atoms. The van der Waals surface area contributed by atoms with Gasteiger partial charge < -0.3 is 15.5 Å². The first-order chi connectivity index (χ1) is 11.7. The first kappa shape index (κ1) is 22.2. The summed E-state index contributed by atoms with van der Waals surface area (Å²) < 4.78 is 0. The molecule has 0 aliphatic carbocycles. The molecule has 1 atom stereocenters. The van der Waals surface area contributed by atoms with Gasteiger partial charge in [-0.05, 0) is 43.5 Å². The molecule has 1 unspecified atom stereocenters. The molecule has 0 bridgehead atoms. The fourth-order valence-corrected chi connectivity index (χ4v) is 3.06. The van der Waals surface area contributed by atoms with E-state index in [1.54, 1.807) is 6.20 Å². The normalized spacial score (nSPS) is 15.1. The number of pyridine rings is 1. The van der Waals surface area contributed by atoms with Gasteiger partial charge in [-0.1, -0.05) is 24.3 Å². The monoisotopic (exact) mass is 396 g/mol. The summed E-state index contributed by atoms with van der Waals surface area (Å²) in [7, 11) is 0. The van der Waals surface area contributed by atoms with Gasteiger partial charge >= 0.3 is 0 Å². The predicted molar refractivity (Wildman–Crippen MR) is 112 cm³/mol. The number of fused-ring (bicyclic) bond motifs is 1. The SMILES string of the molecule is CCN(CC)c1ccc(NC(=O)C2Cc3ccccc3CN2)cn1.Cl.Cl. The lowest BCUT2D eigenvalue weighted by molar-refractivity contribution is -0.118. The third kappa shape index (κ3) is 5.10. The Bertz CT molecular complexity index is 705. The summed E-state index contributed by atoms with van der Waals surface area (Å²) in [6.45, 7) is 6.77. The van der Waals surface area contributed by atoms with Crippen LogP contribution in [0.3, 0.4) is 0 Å². The largest absolute Gasteiger partial charge is 0.357 e. The van der Waals surface area contributed by atoms with Gasteiger partial charge in [0.2, 0.25) is 5.91 Å². The van der Waals surface area contributed by atoms with Gasteiger partial charge in [0, 0.05) is 19.6 Å². The second-order valence-electron chi connectivity index (χ2n) is 5.97. The molecule has 2 aromatic rings. The highest BCUT2D eigenvalue weighted by atomic mass is 35.5. The van der Waals surface area contributed by atoms with E-state index in [0.717, 1.165) is 31.1 Å². The molecule has 142 valence electrons. The summed E-state index contributed by atoms with van der Waals surface area (Å²) in [5.74, 6) is 0.921. The van der Waals surface area contributed by atoms with Crippen LogP contribution in [0.2, 0.25) is 0 Å². The molecule has 7 heteroatoms. The van der Waals surface area contributed by atoms with Gasteiger partial charge in [-0.15, -0.1) is 24.8 Å². The zero-order valence-electron chi connectivity index (χ0n) is 15.1. The van der Waals surface area contributed by atoms with E-state index in [0.29, 0.717) is 6.42 Å². The first-order valence-corrected chi connectivity index (χ1v) is 8.53. The fraction of sp³-hybridized carbons (Fsp3) is 0.368. The van der Waals surface area contributed by atoms with Crippen LogP contribution >= 0.6 is 24.8 Å². The number of nitrogens with zero attached hydrogens (tertiary/aromatic N) is 2. The van der Waals surface area contributed by atoms with Crippen LogP contribution < -0.4 is 15.5 Å². The van der Waals surface area contributed by atoms with Gasteiger partial charge in [0.25, 0.3) is 0 Å². The Labute approximate surface area is 167 Å². The number of aromatic nitrogens is 1. The molecule has 1 aromatic carbocycles. The molecule has 0 fully saturated rings. The number of benzene rings is 1. The van der Waals surface area contributed by atoms with Crippen LogP contribution in [0.5, 0.6) is 0 Å². The zero-order chi connectivity index (χ0) is 16.9. The minimum Gasteiger partial charge on any atom is -0.357 e. The summed E-state index contributed by atoms with van der Waals surface area (Å²) in [6, 6.07) is 11.9. The molecule has 1 aliphatic rings. The Kier molecular flexibility index (Phi) is 8.85. The standard InChI is InChI=1S/C19H24N4O.2ClH/c1-3-23(4-2)18-10-9-16(13-21-18)22-19(24)17-11-14-7-5-6-8-15(14)12-20-17;;/h5-10,13,17,20H,3-4,11-12H2,1-2H3,(H,22,24);2*1H. The number of nitrogens with one attached hydrogen (secondary N) is 2. The van der Waals surface area contributed by atoms with Crippen molar-refractivity contribution in [3.63, 3.8) is 0 Å². The smallest absolute Gasteiger partial charge is 0.241 e. The van der Waals surface area contributed by atoms with Gasteiger partial charge in [-0.3, -0.25) is 4.79 Å². The van der Waals surface area contributed by atoms with Crippen molar-refractivity contribution in [3.05, 3.63) is 53.7 Å². The number of hydrogen-bond acceptors (Lipinski definition) is 4. The van der Waals surface area contributed by atoms with Crippen LogP contribution in [-0.4, -0.2) is 30.0 Å². The van der Waals surface area contributed by atoms with Gasteiger partial charge in [0.1, 0.15) is 5.82 Å². The molecule has 5 nitrogen and oxygen atoms in total. The van der Waals surface area contributed by atoms with Gasteiger partial charge in [0.05, 0.1) is 17.9 Å². The molecule has 3 rings (SSSR count). The van der Waals surface area contributed by atoms with E-state index in [1.165, 1.54) is 11.1 Å². The number of halogens is 2.